The summed E-state index contributed by atoms with van der Waals surface area (Å²) in [4.78, 5) is 0. The summed E-state index contributed by atoms with van der Waals surface area (Å²) in [6.45, 7) is 1.96. The maximum absolute atomic E-state index is 13.8. The molecule has 0 unspecified atom stereocenters. The molecule has 5 heteroatoms. The van der Waals surface area contributed by atoms with Crippen molar-refractivity contribution in [3.05, 3.63) is 69.7 Å². The van der Waals surface area contributed by atoms with Crippen molar-refractivity contribution in [2.45, 2.75) is 19.8 Å². The van der Waals surface area contributed by atoms with E-state index in [1.54, 1.807) is 24.3 Å². The van der Waals surface area contributed by atoms with E-state index in [9.17, 15) is 8.78 Å². The lowest BCUT2D eigenvalue weighted by atomic mass is 10.1. The Morgan fingerprint density at radius 1 is 1.00 bits per heavy atom. The second-order valence-corrected chi connectivity index (χ2v) is 5.20. The second-order valence-electron chi connectivity index (χ2n) is 4.76. The van der Waals surface area contributed by atoms with Gasteiger partial charge in [0.05, 0.1) is 18.0 Å². The van der Waals surface area contributed by atoms with E-state index in [1.807, 2.05) is 6.92 Å². The van der Waals surface area contributed by atoms with Crippen LogP contribution in [0.5, 0.6) is 0 Å². The van der Waals surface area contributed by atoms with Crippen LogP contribution in [0.1, 0.15) is 30.0 Å². The van der Waals surface area contributed by atoms with Gasteiger partial charge in [0.15, 0.2) is 0 Å². The molecule has 0 spiro atoms. The number of hydrogen-bond donors (Lipinski definition) is 0. The molecule has 0 saturated heterocycles. The zero-order valence-corrected chi connectivity index (χ0v) is 12.8. The standard InChI is InChI=1S/C17H15ClF2N2/c1-2-3-13-8-16(19)15(17(20)9-13)11-22-21-10-12-4-6-14(18)7-5-12/h4-11H,2-3H2,1H3/b21-10+,22-11+. The zero-order chi connectivity index (χ0) is 15.9. The fourth-order valence-electron chi connectivity index (χ4n) is 1.93. The van der Waals surface area contributed by atoms with E-state index < -0.39 is 11.6 Å². The molecule has 114 valence electrons. The van der Waals surface area contributed by atoms with E-state index in [0.717, 1.165) is 18.2 Å². The van der Waals surface area contributed by atoms with Crippen molar-refractivity contribution >= 4 is 24.0 Å². The lowest BCUT2D eigenvalue weighted by molar-refractivity contribution is 0.576. The van der Waals surface area contributed by atoms with Gasteiger partial charge in [-0.1, -0.05) is 37.1 Å². The van der Waals surface area contributed by atoms with Gasteiger partial charge in [0.1, 0.15) is 11.6 Å². The lowest BCUT2D eigenvalue weighted by Crippen LogP contribution is -1.97. The molecule has 0 fully saturated rings. The number of aryl methyl sites for hydroxylation is 1. The van der Waals surface area contributed by atoms with Crippen LogP contribution in [0.25, 0.3) is 0 Å². The molecule has 2 aromatic rings. The van der Waals surface area contributed by atoms with Crippen LogP contribution >= 0.6 is 11.6 Å². The van der Waals surface area contributed by atoms with Gasteiger partial charge in [-0.3, -0.25) is 0 Å². The van der Waals surface area contributed by atoms with Gasteiger partial charge >= 0.3 is 0 Å². The average molecular weight is 321 g/mol. The lowest BCUT2D eigenvalue weighted by Gasteiger charge is -2.03. The summed E-state index contributed by atoms with van der Waals surface area (Å²) in [5.41, 5.74) is 1.24. The van der Waals surface area contributed by atoms with Crippen LogP contribution < -0.4 is 0 Å². The van der Waals surface area contributed by atoms with Gasteiger partial charge in [0.2, 0.25) is 0 Å². The fourth-order valence-corrected chi connectivity index (χ4v) is 2.06. The molecule has 0 aliphatic heterocycles. The minimum atomic E-state index is -0.631. The van der Waals surface area contributed by atoms with Crippen LogP contribution in [0.15, 0.2) is 46.6 Å². The molecule has 2 aromatic carbocycles. The third kappa shape index (κ3) is 4.46. The first-order valence-corrected chi connectivity index (χ1v) is 7.28. The number of halogens is 3. The first-order chi connectivity index (χ1) is 10.6. The van der Waals surface area contributed by atoms with Gasteiger partial charge in [-0.05, 0) is 41.8 Å². The summed E-state index contributed by atoms with van der Waals surface area (Å²) in [6.07, 6.45) is 4.03. The molecule has 0 atom stereocenters. The van der Waals surface area contributed by atoms with Crippen LogP contribution in [0, 0.1) is 11.6 Å². The Labute approximate surface area is 133 Å². The minimum Gasteiger partial charge on any atom is -0.206 e. The molecular formula is C17H15ClF2N2. The van der Waals surface area contributed by atoms with Crippen molar-refractivity contribution in [3.8, 4) is 0 Å². The Hall–Kier alpha value is -2.07. The molecule has 0 bridgehead atoms. The second kappa shape index (κ2) is 7.80. The van der Waals surface area contributed by atoms with Crippen LogP contribution in [0.2, 0.25) is 5.02 Å². The van der Waals surface area contributed by atoms with E-state index in [0.29, 0.717) is 17.0 Å². The van der Waals surface area contributed by atoms with Crippen molar-refractivity contribution < 1.29 is 8.78 Å². The maximum atomic E-state index is 13.8. The SMILES string of the molecule is CCCc1cc(F)c(/C=N/N=C/c2ccc(Cl)cc2)c(F)c1. The largest absolute Gasteiger partial charge is 0.206 e. The van der Waals surface area contributed by atoms with Crippen LogP contribution in [0.4, 0.5) is 8.78 Å². The van der Waals surface area contributed by atoms with E-state index in [1.165, 1.54) is 18.3 Å². The number of nitrogens with zero attached hydrogens (tertiary/aromatic N) is 2. The molecule has 0 aliphatic rings. The summed E-state index contributed by atoms with van der Waals surface area (Å²) in [5, 5.41) is 8.09. The molecule has 0 aliphatic carbocycles. The third-order valence-corrected chi connectivity index (χ3v) is 3.26. The average Bonchev–Trinajstić information content (AvgIpc) is 2.48. The number of benzene rings is 2. The van der Waals surface area contributed by atoms with E-state index in [2.05, 4.69) is 10.2 Å². The molecule has 22 heavy (non-hydrogen) atoms. The number of rotatable bonds is 5. The highest BCUT2D eigenvalue weighted by molar-refractivity contribution is 6.30. The highest BCUT2D eigenvalue weighted by Crippen LogP contribution is 2.15. The summed E-state index contributed by atoms with van der Waals surface area (Å²) >= 11 is 5.77. The monoisotopic (exact) mass is 320 g/mol. The third-order valence-electron chi connectivity index (χ3n) is 3.01. The van der Waals surface area contributed by atoms with Gasteiger partial charge in [-0.15, -0.1) is 0 Å². The van der Waals surface area contributed by atoms with Crippen molar-refractivity contribution in [2.75, 3.05) is 0 Å². The van der Waals surface area contributed by atoms with Crippen molar-refractivity contribution in [1.82, 2.24) is 0 Å². The first kappa shape index (κ1) is 16.3. The normalized spacial score (nSPS) is 11.6. The smallest absolute Gasteiger partial charge is 0.135 e. The molecular weight excluding hydrogens is 306 g/mol. The summed E-state index contributed by atoms with van der Waals surface area (Å²) in [6, 6.07) is 9.63. The predicted molar refractivity (Wildman–Crippen MR) is 87.0 cm³/mol. The Bertz CT molecular complexity index is 671. The Morgan fingerprint density at radius 3 is 2.18 bits per heavy atom. The van der Waals surface area contributed by atoms with Gasteiger partial charge in [-0.2, -0.15) is 10.2 Å². The van der Waals surface area contributed by atoms with Gasteiger partial charge < -0.3 is 0 Å². The highest BCUT2D eigenvalue weighted by Gasteiger charge is 2.08. The molecule has 0 aromatic heterocycles. The topological polar surface area (TPSA) is 24.7 Å². The van der Waals surface area contributed by atoms with Crippen LogP contribution in [-0.4, -0.2) is 12.4 Å². The first-order valence-electron chi connectivity index (χ1n) is 6.90. The predicted octanol–water partition coefficient (Wildman–Crippen LogP) is 5.02. The molecule has 0 amide bonds. The Kier molecular flexibility index (Phi) is 5.78. The molecule has 0 saturated carbocycles. The van der Waals surface area contributed by atoms with Gasteiger partial charge in [0, 0.05) is 5.02 Å². The fraction of sp³-hybridized carbons (Fsp3) is 0.176. The van der Waals surface area contributed by atoms with E-state index in [4.69, 9.17) is 11.6 Å². The molecule has 2 rings (SSSR count). The van der Waals surface area contributed by atoms with Gasteiger partial charge in [-0.25, -0.2) is 8.78 Å². The van der Waals surface area contributed by atoms with Crippen molar-refractivity contribution in [3.63, 3.8) is 0 Å². The van der Waals surface area contributed by atoms with Gasteiger partial charge in [0.25, 0.3) is 0 Å². The molecule has 0 radical (unpaired) electrons. The summed E-state index contributed by atoms with van der Waals surface area (Å²) in [5.74, 6) is -1.26. The zero-order valence-electron chi connectivity index (χ0n) is 12.1. The van der Waals surface area contributed by atoms with E-state index in [-0.39, 0.29) is 5.56 Å². The quantitative estimate of drug-likeness (QED) is 0.545. The van der Waals surface area contributed by atoms with Crippen molar-refractivity contribution in [1.29, 1.82) is 0 Å². The molecule has 2 nitrogen and oxygen atoms in total. The van der Waals surface area contributed by atoms with Crippen molar-refractivity contribution in [2.24, 2.45) is 10.2 Å². The maximum Gasteiger partial charge on any atom is 0.135 e. The molecule has 0 N–H and O–H groups in total. The summed E-state index contributed by atoms with van der Waals surface area (Å²) in [7, 11) is 0. The van der Waals surface area contributed by atoms with Crippen LogP contribution in [0.3, 0.4) is 0 Å². The Balaban J connectivity index is 2.11. The van der Waals surface area contributed by atoms with E-state index >= 15 is 0 Å². The molecule has 0 heterocycles. The highest BCUT2D eigenvalue weighted by atomic mass is 35.5. The minimum absolute atomic E-state index is 0.187. The Morgan fingerprint density at radius 2 is 1.59 bits per heavy atom. The van der Waals surface area contributed by atoms with Crippen LogP contribution in [-0.2, 0) is 6.42 Å². The number of hydrogen-bond acceptors (Lipinski definition) is 2. The summed E-state index contributed by atoms with van der Waals surface area (Å²) < 4.78 is 27.7.